The van der Waals surface area contributed by atoms with Gasteiger partial charge in [0.15, 0.2) is 0 Å². The van der Waals surface area contributed by atoms with Crippen molar-refractivity contribution in [2.24, 2.45) is 0 Å². The van der Waals surface area contributed by atoms with E-state index in [0.717, 1.165) is 5.56 Å². The summed E-state index contributed by atoms with van der Waals surface area (Å²) in [5.41, 5.74) is 0.244. The van der Waals surface area contributed by atoms with Crippen LogP contribution >= 0.6 is 0 Å². The van der Waals surface area contributed by atoms with E-state index in [2.05, 4.69) is 23.8 Å². The molecular formula is C25H37N3O4. The van der Waals surface area contributed by atoms with Gasteiger partial charge in [-0.25, -0.2) is 4.79 Å². The SMILES string of the molecule is C=CCN(C(=O)C(C)NC(=O)OC(C)(C)C)C(C(=O)NC(C)(C)C)c1cccc(C=C)c1. The molecule has 1 rings (SSSR count). The van der Waals surface area contributed by atoms with Crippen LogP contribution in [-0.2, 0) is 14.3 Å². The molecule has 176 valence electrons. The number of alkyl carbamates (subject to hydrolysis) is 1. The van der Waals surface area contributed by atoms with Gasteiger partial charge in [-0.05, 0) is 65.7 Å². The second kappa shape index (κ2) is 11.0. The lowest BCUT2D eigenvalue weighted by Gasteiger charge is -2.34. The number of hydrogen-bond acceptors (Lipinski definition) is 4. The maximum absolute atomic E-state index is 13.4. The molecule has 0 aliphatic rings. The van der Waals surface area contributed by atoms with Crippen molar-refractivity contribution in [3.05, 3.63) is 54.6 Å². The van der Waals surface area contributed by atoms with Crippen molar-refractivity contribution in [3.63, 3.8) is 0 Å². The monoisotopic (exact) mass is 443 g/mol. The summed E-state index contributed by atoms with van der Waals surface area (Å²) in [7, 11) is 0. The number of benzene rings is 1. The van der Waals surface area contributed by atoms with Gasteiger partial charge in [-0.15, -0.1) is 6.58 Å². The van der Waals surface area contributed by atoms with Crippen molar-refractivity contribution in [2.45, 2.75) is 71.7 Å². The van der Waals surface area contributed by atoms with Crippen LogP contribution in [0.4, 0.5) is 4.79 Å². The fourth-order valence-electron chi connectivity index (χ4n) is 3.02. The fraction of sp³-hybridized carbons (Fsp3) is 0.480. The van der Waals surface area contributed by atoms with E-state index in [1.165, 1.54) is 4.90 Å². The summed E-state index contributed by atoms with van der Waals surface area (Å²) in [5.74, 6) is -0.771. The Kier molecular flexibility index (Phi) is 9.24. The first-order chi connectivity index (χ1) is 14.7. The summed E-state index contributed by atoms with van der Waals surface area (Å²) in [6, 6.07) is 5.43. The van der Waals surface area contributed by atoms with E-state index in [4.69, 9.17) is 4.74 Å². The molecular weight excluding hydrogens is 406 g/mol. The molecule has 1 aromatic rings. The summed E-state index contributed by atoms with van der Waals surface area (Å²) < 4.78 is 5.26. The van der Waals surface area contributed by atoms with Crippen molar-refractivity contribution in [1.29, 1.82) is 0 Å². The van der Waals surface area contributed by atoms with Gasteiger partial charge in [-0.3, -0.25) is 9.59 Å². The second-order valence-corrected chi connectivity index (χ2v) is 9.66. The van der Waals surface area contributed by atoms with E-state index in [1.54, 1.807) is 45.9 Å². The Bertz CT molecular complexity index is 849. The van der Waals surface area contributed by atoms with Crippen LogP contribution in [0.25, 0.3) is 6.08 Å². The zero-order chi connectivity index (χ0) is 24.7. The molecule has 1 aromatic carbocycles. The van der Waals surface area contributed by atoms with Gasteiger partial charge in [-0.1, -0.05) is 36.9 Å². The second-order valence-electron chi connectivity index (χ2n) is 9.66. The third kappa shape index (κ3) is 8.57. The lowest BCUT2D eigenvalue weighted by Crippen LogP contribution is -2.53. The van der Waals surface area contributed by atoms with Crippen molar-refractivity contribution < 1.29 is 19.1 Å². The molecule has 0 bridgehead atoms. The summed E-state index contributed by atoms with van der Waals surface area (Å²) in [5, 5.41) is 5.51. The van der Waals surface area contributed by atoms with E-state index < -0.39 is 35.2 Å². The highest BCUT2D eigenvalue weighted by molar-refractivity contribution is 5.92. The molecule has 0 fully saturated rings. The number of carbonyl (C=O) groups excluding carboxylic acids is 3. The Labute approximate surface area is 191 Å². The lowest BCUT2D eigenvalue weighted by atomic mass is 9.99. The number of nitrogens with zero attached hydrogens (tertiary/aromatic N) is 1. The van der Waals surface area contributed by atoms with Crippen LogP contribution in [0.15, 0.2) is 43.5 Å². The highest BCUT2D eigenvalue weighted by atomic mass is 16.6. The number of carbonyl (C=O) groups is 3. The molecule has 0 saturated heterocycles. The van der Waals surface area contributed by atoms with E-state index in [1.807, 2.05) is 39.0 Å². The Hall–Kier alpha value is -3.09. The molecule has 0 saturated carbocycles. The standard InChI is InChI=1S/C25H37N3O4/c1-10-15-28(22(30)17(3)26-23(31)32-25(7,8)9)20(21(29)27-24(4,5)6)19-14-12-13-18(11-2)16-19/h10-14,16-17,20H,1-2,15H2,3-9H3,(H,26,31)(H,27,29). The minimum Gasteiger partial charge on any atom is -0.444 e. The first-order valence-corrected chi connectivity index (χ1v) is 10.6. The zero-order valence-corrected chi connectivity index (χ0v) is 20.3. The predicted octanol–water partition coefficient (Wildman–Crippen LogP) is 4.21. The van der Waals surface area contributed by atoms with Crippen LogP contribution in [0.3, 0.4) is 0 Å². The molecule has 0 spiro atoms. The molecule has 2 N–H and O–H groups in total. The smallest absolute Gasteiger partial charge is 0.408 e. The van der Waals surface area contributed by atoms with E-state index in [9.17, 15) is 14.4 Å². The summed E-state index contributed by atoms with van der Waals surface area (Å²) in [6.45, 7) is 20.0. The Morgan fingerprint density at radius 1 is 1.12 bits per heavy atom. The van der Waals surface area contributed by atoms with Crippen LogP contribution in [0.2, 0.25) is 0 Å². The molecule has 0 heterocycles. The third-order valence-electron chi connectivity index (χ3n) is 4.23. The first-order valence-electron chi connectivity index (χ1n) is 10.6. The van der Waals surface area contributed by atoms with E-state index in [0.29, 0.717) is 5.56 Å². The molecule has 32 heavy (non-hydrogen) atoms. The average molecular weight is 444 g/mol. The number of amides is 3. The summed E-state index contributed by atoms with van der Waals surface area (Å²) >= 11 is 0. The molecule has 0 aliphatic carbocycles. The third-order valence-corrected chi connectivity index (χ3v) is 4.23. The highest BCUT2D eigenvalue weighted by Crippen LogP contribution is 2.25. The van der Waals surface area contributed by atoms with Crippen LogP contribution in [0.1, 0.15) is 65.6 Å². The normalized spacial score (nSPS) is 13.3. The Morgan fingerprint density at radius 3 is 2.25 bits per heavy atom. The van der Waals surface area contributed by atoms with E-state index in [-0.39, 0.29) is 12.5 Å². The van der Waals surface area contributed by atoms with Gasteiger partial charge in [0.2, 0.25) is 11.8 Å². The highest BCUT2D eigenvalue weighted by Gasteiger charge is 2.35. The van der Waals surface area contributed by atoms with Crippen molar-refractivity contribution in [1.82, 2.24) is 15.5 Å². The molecule has 3 amide bonds. The summed E-state index contributed by atoms with van der Waals surface area (Å²) in [6.07, 6.45) is 2.52. The van der Waals surface area contributed by atoms with Crippen molar-refractivity contribution in [3.8, 4) is 0 Å². The van der Waals surface area contributed by atoms with E-state index >= 15 is 0 Å². The van der Waals surface area contributed by atoms with Crippen LogP contribution in [-0.4, -0.2) is 46.5 Å². The van der Waals surface area contributed by atoms with Gasteiger partial charge in [0.1, 0.15) is 17.7 Å². The molecule has 0 radical (unpaired) electrons. The van der Waals surface area contributed by atoms with Gasteiger partial charge in [0, 0.05) is 12.1 Å². The Morgan fingerprint density at radius 2 is 1.75 bits per heavy atom. The number of rotatable bonds is 8. The maximum Gasteiger partial charge on any atom is 0.408 e. The lowest BCUT2D eigenvalue weighted by molar-refractivity contribution is -0.142. The molecule has 0 aromatic heterocycles. The van der Waals surface area contributed by atoms with Gasteiger partial charge in [0.05, 0.1) is 0 Å². The average Bonchev–Trinajstić information content (AvgIpc) is 2.64. The van der Waals surface area contributed by atoms with Crippen molar-refractivity contribution in [2.75, 3.05) is 6.54 Å². The van der Waals surface area contributed by atoms with Gasteiger partial charge >= 0.3 is 6.09 Å². The number of ether oxygens (including phenoxy) is 1. The number of nitrogens with one attached hydrogen (secondary N) is 2. The van der Waals surface area contributed by atoms with Gasteiger partial charge in [-0.2, -0.15) is 0 Å². The molecule has 7 nitrogen and oxygen atoms in total. The summed E-state index contributed by atoms with van der Waals surface area (Å²) in [4.78, 5) is 40.3. The molecule has 2 atom stereocenters. The topological polar surface area (TPSA) is 87.7 Å². The van der Waals surface area contributed by atoms with Crippen LogP contribution in [0, 0.1) is 0 Å². The Balaban J connectivity index is 3.34. The zero-order valence-electron chi connectivity index (χ0n) is 20.3. The first kappa shape index (κ1) is 26.9. The predicted molar refractivity (Wildman–Crippen MR) is 128 cm³/mol. The minimum atomic E-state index is -0.928. The van der Waals surface area contributed by atoms with Crippen molar-refractivity contribution >= 4 is 24.0 Å². The quantitative estimate of drug-likeness (QED) is 0.589. The van der Waals surface area contributed by atoms with Crippen LogP contribution < -0.4 is 10.6 Å². The largest absolute Gasteiger partial charge is 0.444 e. The number of hydrogen-bond donors (Lipinski definition) is 2. The molecule has 7 heteroatoms. The fourth-order valence-corrected chi connectivity index (χ4v) is 3.02. The molecule has 0 aliphatic heterocycles. The molecule has 2 unspecified atom stereocenters. The minimum absolute atomic E-state index is 0.111. The maximum atomic E-state index is 13.4. The van der Waals surface area contributed by atoms with Gasteiger partial charge in [0.25, 0.3) is 0 Å². The van der Waals surface area contributed by atoms with Gasteiger partial charge < -0.3 is 20.3 Å². The van der Waals surface area contributed by atoms with Crippen LogP contribution in [0.5, 0.6) is 0 Å².